The van der Waals surface area contributed by atoms with E-state index in [-0.39, 0.29) is 11.1 Å². The van der Waals surface area contributed by atoms with E-state index in [0.717, 1.165) is 12.0 Å². The van der Waals surface area contributed by atoms with Crippen LogP contribution in [-0.2, 0) is 0 Å². The second kappa shape index (κ2) is 6.73. The van der Waals surface area contributed by atoms with E-state index < -0.39 is 5.82 Å². The first kappa shape index (κ1) is 14.8. The molecule has 0 spiro atoms. The summed E-state index contributed by atoms with van der Waals surface area (Å²) in [4.78, 5) is 0. The molecular formula is C16H17ClFNO. The number of rotatable bonds is 5. The Morgan fingerprint density at radius 3 is 2.60 bits per heavy atom. The molecule has 0 aliphatic heterocycles. The highest BCUT2D eigenvalue weighted by Crippen LogP contribution is 2.27. The van der Waals surface area contributed by atoms with Crippen LogP contribution in [0.5, 0.6) is 11.5 Å². The van der Waals surface area contributed by atoms with Gasteiger partial charge in [-0.25, -0.2) is 4.39 Å². The van der Waals surface area contributed by atoms with Crippen molar-refractivity contribution in [2.24, 2.45) is 0 Å². The molecule has 1 N–H and O–H groups in total. The highest BCUT2D eigenvalue weighted by molar-refractivity contribution is 6.30. The zero-order chi connectivity index (χ0) is 14.5. The van der Waals surface area contributed by atoms with Gasteiger partial charge in [-0.3, -0.25) is 0 Å². The predicted octanol–water partition coefficient (Wildman–Crippen LogP) is 4.94. The second-order valence-corrected chi connectivity index (χ2v) is 4.91. The third kappa shape index (κ3) is 3.50. The minimum absolute atomic E-state index is 0.0901. The molecule has 0 saturated carbocycles. The summed E-state index contributed by atoms with van der Waals surface area (Å²) in [6.07, 6.45) is 0.982. The van der Waals surface area contributed by atoms with Crippen LogP contribution in [-0.4, -0.2) is 7.05 Å². The van der Waals surface area contributed by atoms with Crippen LogP contribution in [0.3, 0.4) is 0 Å². The van der Waals surface area contributed by atoms with Gasteiger partial charge in [0.25, 0.3) is 0 Å². The van der Waals surface area contributed by atoms with Crippen molar-refractivity contribution in [1.29, 1.82) is 0 Å². The van der Waals surface area contributed by atoms with Gasteiger partial charge in [0.05, 0.1) is 5.02 Å². The molecule has 2 nitrogen and oxygen atoms in total. The summed E-state index contributed by atoms with van der Waals surface area (Å²) in [5.41, 5.74) is 1.14. The number of nitrogens with one attached hydrogen (secondary N) is 1. The molecule has 20 heavy (non-hydrogen) atoms. The lowest BCUT2D eigenvalue weighted by Gasteiger charge is -2.15. The smallest absolute Gasteiger partial charge is 0.145 e. The Bertz CT molecular complexity index is 584. The molecule has 1 atom stereocenters. The van der Waals surface area contributed by atoms with Gasteiger partial charge in [-0.2, -0.15) is 0 Å². The van der Waals surface area contributed by atoms with Crippen molar-refractivity contribution in [3.8, 4) is 11.5 Å². The molecule has 0 amide bonds. The topological polar surface area (TPSA) is 21.3 Å². The Morgan fingerprint density at radius 1 is 1.20 bits per heavy atom. The standard InChI is InChI=1S/C16H17ClFNO/c1-3-16(19-2)11-5-4-6-12(9-11)20-13-7-8-14(17)15(18)10-13/h4-10,16,19H,3H2,1-2H3. The van der Waals surface area contributed by atoms with E-state index in [2.05, 4.69) is 12.2 Å². The number of halogens is 2. The molecule has 0 heterocycles. The maximum Gasteiger partial charge on any atom is 0.145 e. The van der Waals surface area contributed by atoms with Crippen molar-refractivity contribution < 1.29 is 9.13 Å². The molecule has 0 radical (unpaired) electrons. The summed E-state index contributed by atoms with van der Waals surface area (Å²) in [5, 5.41) is 3.33. The molecule has 2 aromatic rings. The van der Waals surface area contributed by atoms with Crippen LogP contribution in [0, 0.1) is 5.82 Å². The highest BCUT2D eigenvalue weighted by atomic mass is 35.5. The first-order valence-electron chi connectivity index (χ1n) is 6.54. The third-order valence-electron chi connectivity index (χ3n) is 3.14. The van der Waals surface area contributed by atoms with Gasteiger partial charge in [0, 0.05) is 12.1 Å². The van der Waals surface area contributed by atoms with Crippen molar-refractivity contribution in [1.82, 2.24) is 5.32 Å². The highest BCUT2D eigenvalue weighted by Gasteiger charge is 2.08. The summed E-state index contributed by atoms with van der Waals surface area (Å²) >= 11 is 5.65. The summed E-state index contributed by atoms with van der Waals surface area (Å²) in [6, 6.07) is 12.5. The van der Waals surface area contributed by atoms with Gasteiger partial charge < -0.3 is 10.1 Å². The van der Waals surface area contributed by atoms with Gasteiger partial charge in [0.2, 0.25) is 0 Å². The molecule has 0 saturated heterocycles. The molecule has 2 aromatic carbocycles. The number of hydrogen-bond donors (Lipinski definition) is 1. The molecule has 0 aromatic heterocycles. The molecule has 106 valence electrons. The molecule has 1 unspecified atom stereocenters. The van der Waals surface area contributed by atoms with E-state index in [4.69, 9.17) is 16.3 Å². The fraction of sp³-hybridized carbons (Fsp3) is 0.250. The Kier molecular flexibility index (Phi) is 4.99. The Hall–Kier alpha value is -1.58. The van der Waals surface area contributed by atoms with Crippen LogP contribution in [0.25, 0.3) is 0 Å². The maximum atomic E-state index is 13.4. The Balaban J connectivity index is 2.21. The molecule has 2 rings (SSSR count). The van der Waals surface area contributed by atoms with E-state index in [1.807, 2.05) is 31.3 Å². The van der Waals surface area contributed by atoms with Crippen molar-refractivity contribution in [2.45, 2.75) is 19.4 Å². The predicted molar refractivity (Wildman–Crippen MR) is 80.0 cm³/mol. The molecule has 4 heteroatoms. The lowest BCUT2D eigenvalue weighted by atomic mass is 10.0. The quantitative estimate of drug-likeness (QED) is 0.843. The SMILES string of the molecule is CCC(NC)c1cccc(Oc2ccc(Cl)c(F)c2)c1. The number of hydrogen-bond acceptors (Lipinski definition) is 2. The molecule has 0 fully saturated rings. The van der Waals surface area contributed by atoms with Crippen molar-refractivity contribution in [3.05, 3.63) is 58.9 Å². The van der Waals surface area contributed by atoms with E-state index >= 15 is 0 Å². The molecule has 0 bridgehead atoms. The second-order valence-electron chi connectivity index (χ2n) is 4.50. The van der Waals surface area contributed by atoms with Gasteiger partial charge in [-0.15, -0.1) is 0 Å². The van der Waals surface area contributed by atoms with Crippen LogP contribution in [0.15, 0.2) is 42.5 Å². The molecule has 0 aliphatic rings. The summed E-state index contributed by atoms with van der Waals surface area (Å²) < 4.78 is 19.0. The fourth-order valence-corrected chi connectivity index (χ4v) is 2.20. The van der Waals surface area contributed by atoms with Crippen LogP contribution in [0.1, 0.15) is 24.9 Å². The van der Waals surface area contributed by atoms with Crippen LogP contribution >= 0.6 is 11.6 Å². The zero-order valence-corrected chi connectivity index (χ0v) is 12.2. The van der Waals surface area contributed by atoms with Crippen molar-refractivity contribution in [2.75, 3.05) is 7.05 Å². The first-order chi connectivity index (χ1) is 9.63. The van der Waals surface area contributed by atoms with Gasteiger partial charge in [0.15, 0.2) is 0 Å². The average molecular weight is 294 g/mol. The van der Waals surface area contributed by atoms with Crippen LogP contribution in [0.4, 0.5) is 4.39 Å². The van der Waals surface area contributed by atoms with Gasteiger partial charge in [0.1, 0.15) is 17.3 Å². The number of ether oxygens (including phenoxy) is 1. The average Bonchev–Trinajstić information content (AvgIpc) is 2.45. The van der Waals surface area contributed by atoms with Gasteiger partial charge in [-0.05, 0) is 43.3 Å². The van der Waals surface area contributed by atoms with Crippen molar-refractivity contribution in [3.63, 3.8) is 0 Å². The lowest BCUT2D eigenvalue weighted by molar-refractivity contribution is 0.474. The number of benzene rings is 2. The van der Waals surface area contributed by atoms with E-state index in [0.29, 0.717) is 11.5 Å². The largest absolute Gasteiger partial charge is 0.457 e. The first-order valence-corrected chi connectivity index (χ1v) is 6.92. The third-order valence-corrected chi connectivity index (χ3v) is 3.45. The monoisotopic (exact) mass is 293 g/mol. The van der Waals surface area contributed by atoms with Crippen LogP contribution < -0.4 is 10.1 Å². The zero-order valence-electron chi connectivity index (χ0n) is 11.5. The molecular weight excluding hydrogens is 277 g/mol. The minimum Gasteiger partial charge on any atom is -0.457 e. The summed E-state index contributed by atoms with van der Waals surface area (Å²) in [6.45, 7) is 2.11. The summed E-state index contributed by atoms with van der Waals surface area (Å²) in [7, 11) is 1.93. The lowest BCUT2D eigenvalue weighted by Crippen LogP contribution is -2.14. The molecule has 0 aliphatic carbocycles. The fourth-order valence-electron chi connectivity index (χ4n) is 2.08. The van der Waals surface area contributed by atoms with E-state index in [9.17, 15) is 4.39 Å². The minimum atomic E-state index is -0.484. The maximum absolute atomic E-state index is 13.4. The normalized spacial score (nSPS) is 12.2. The Labute approximate surface area is 123 Å². The summed E-state index contributed by atoms with van der Waals surface area (Å²) in [5.74, 6) is 0.626. The van der Waals surface area contributed by atoms with E-state index in [1.54, 1.807) is 6.07 Å². The van der Waals surface area contributed by atoms with Crippen LogP contribution in [0.2, 0.25) is 5.02 Å². The van der Waals surface area contributed by atoms with Gasteiger partial charge >= 0.3 is 0 Å². The van der Waals surface area contributed by atoms with E-state index in [1.165, 1.54) is 12.1 Å². The van der Waals surface area contributed by atoms with Gasteiger partial charge in [-0.1, -0.05) is 30.7 Å². The van der Waals surface area contributed by atoms with Crippen molar-refractivity contribution >= 4 is 11.6 Å². The Morgan fingerprint density at radius 2 is 1.95 bits per heavy atom.